The molecule has 0 aliphatic heterocycles. The lowest BCUT2D eigenvalue weighted by Crippen LogP contribution is -2.39. The van der Waals surface area contributed by atoms with Gasteiger partial charge < -0.3 is 15.2 Å². The highest BCUT2D eigenvalue weighted by atomic mass is 32.2. The van der Waals surface area contributed by atoms with Crippen LogP contribution in [0, 0.1) is 0 Å². The molecule has 0 amide bonds. The summed E-state index contributed by atoms with van der Waals surface area (Å²) in [7, 11) is -1.28. The van der Waals surface area contributed by atoms with Crippen molar-refractivity contribution in [2.24, 2.45) is 0 Å². The first-order chi connectivity index (χ1) is 7.83. The van der Waals surface area contributed by atoms with Crippen LogP contribution in [0.2, 0.25) is 0 Å². The number of hydrogen-bond acceptors (Lipinski definition) is 5. The van der Waals surface area contributed by atoms with Crippen molar-refractivity contribution in [1.29, 1.82) is 0 Å². The first-order valence-electron chi connectivity index (χ1n) is 5.95. The van der Waals surface area contributed by atoms with Gasteiger partial charge in [-0.2, -0.15) is 0 Å². The van der Waals surface area contributed by atoms with E-state index >= 15 is 0 Å². The highest BCUT2D eigenvalue weighted by Gasteiger charge is 2.19. The second-order valence-corrected chi connectivity index (χ2v) is 6.98. The fraction of sp³-hybridized carbons (Fsp3) is 1.00. The summed E-state index contributed by atoms with van der Waals surface area (Å²) in [6.45, 7) is 4.95. The molecular weight excluding hydrogens is 242 g/mol. The Balaban J connectivity index is 3.64. The number of hydrogen-bond donors (Lipinski definition) is 2. The van der Waals surface area contributed by atoms with E-state index in [1.165, 1.54) is 0 Å². The minimum absolute atomic E-state index is 0.193. The van der Waals surface area contributed by atoms with E-state index < -0.39 is 15.4 Å². The topological polar surface area (TPSA) is 75.6 Å². The largest absolute Gasteiger partial charge is 0.389 e. The summed E-state index contributed by atoms with van der Waals surface area (Å²) >= 11 is 0. The molecular formula is C11H25NO4S. The molecule has 0 rings (SSSR count). The SMILES string of the molecule is CCS(=O)(=O)CCCNCC(C)(O)CCOC. The van der Waals surface area contributed by atoms with Gasteiger partial charge in [0.2, 0.25) is 0 Å². The van der Waals surface area contributed by atoms with Gasteiger partial charge in [0.05, 0.1) is 11.4 Å². The molecule has 5 nitrogen and oxygen atoms in total. The Morgan fingerprint density at radius 2 is 2.06 bits per heavy atom. The molecule has 1 unspecified atom stereocenters. The van der Waals surface area contributed by atoms with Crippen LogP contribution >= 0.6 is 0 Å². The molecule has 1 atom stereocenters. The minimum Gasteiger partial charge on any atom is -0.389 e. The van der Waals surface area contributed by atoms with Crippen LogP contribution in [0.1, 0.15) is 26.7 Å². The first kappa shape index (κ1) is 16.8. The maximum atomic E-state index is 11.2. The third kappa shape index (κ3) is 9.52. The summed E-state index contributed by atoms with van der Waals surface area (Å²) < 4.78 is 27.3. The van der Waals surface area contributed by atoms with Crippen LogP contribution < -0.4 is 5.32 Å². The molecule has 0 aromatic heterocycles. The maximum absolute atomic E-state index is 11.2. The van der Waals surface area contributed by atoms with E-state index in [-0.39, 0.29) is 11.5 Å². The average Bonchev–Trinajstić information content (AvgIpc) is 2.26. The monoisotopic (exact) mass is 267 g/mol. The number of ether oxygens (including phenoxy) is 1. The molecule has 0 saturated carbocycles. The molecule has 0 aromatic rings. The zero-order valence-electron chi connectivity index (χ0n) is 11.0. The summed E-state index contributed by atoms with van der Waals surface area (Å²) in [6.07, 6.45) is 1.14. The zero-order valence-corrected chi connectivity index (χ0v) is 11.8. The van der Waals surface area contributed by atoms with Crippen molar-refractivity contribution in [2.45, 2.75) is 32.3 Å². The predicted molar refractivity (Wildman–Crippen MR) is 68.9 cm³/mol. The number of methoxy groups -OCH3 is 1. The standard InChI is InChI=1S/C11H25NO4S/c1-4-17(14,15)9-5-7-12-10-11(2,13)6-8-16-3/h12-13H,4-10H2,1-3H3. The Kier molecular flexibility index (Phi) is 7.94. The summed E-state index contributed by atoms with van der Waals surface area (Å²) in [5.41, 5.74) is -0.806. The van der Waals surface area contributed by atoms with E-state index in [2.05, 4.69) is 5.32 Å². The number of sulfone groups is 1. The van der Waals surface area contributed by atoms with Crippen molar-refractivity contribution in [3.63, 3.8) is 0 Å². The van der Waals surface area contributed by atoms with Gasteiger partial charge in [-0.1, -0.05) is 6.92 Å². The van der Waals surface area contributed by atoms with Gasteiger partial charge in [-0.15, -0.1) is 0 Å². The Hall–Kier alpha value is -0.170. The molecule has 0 fully saturated rings. The van der Waals surface area contributed by atoms with E-state index in [4.69, 9.17) is 4.74 Å². The van der Waals surface area contributed by atoms with Gasteiger partial charge in [-0.3, -0.25) is 0 Å². The second-order valence-electron chi connectivity index (χ2n) is 4.51. The molecule has 0 aliphatic carbocycles. The molecule has 0 heterocycles. The number of aliphatic hydroxyl groups is 1. The lowest BCUT2D eigenvalue weighted by molar-refractivity contribution is 0.0252. The zero-order chi connectivity index (χ0) is 13.4. The summed E-state index contributed by atoms with van der Waals surface area (Å²) in [4.78, 5) is 0. The minimum atomic E-state index is -2.87. The molecule has 104 valence electrons. The van der Waals surface area contributed by atoms with Crippen molar-refractivity contribution < 1.29 is 18.3 Å². The number of nitrogens with one attached hydrogen (secondary N) is 1. The van der Waals surface area contributed by atoms with Gasteiger partial charge in [-0.05, 0) is 19.9 Å². The average molecular weight is 267 g/mol. The Morgan fingerprint density at radius 1 is 1.41 bits per heavy atom. The molecule has 17 heavy (non-hydrogen) atoms. The molecule has 0 bridgehead atoms. The lowest BCUT2D eigenvalue weighted by atomic mass is 10.0. The Morgan fingerprint density at radius 3 is 2.59 bits per heavy atom. The van der Waals surface area contributed by atoms with Crippen LogP contribution in [0.3, 0.4) is 0 Å². The van der Waals surface area contributed by atoms with Crippen LogP contribution in [0.25, 0.3) is 0 Å². The predicted octanol–water partition coefficient (Wildman–Crippen LogP) is 0.188. The molecule has 0 aromatic carbocycles. The van der Waals surface area contributed by atoms with Gasteiger partial charge in [0.1, 0.15) is 9.84 Å². The van der Waals surface area contributed by atoms with E-state index in [1.807, 2.05) is 0 Å². The van der Waals surface area contributed by atoms with Gasteiger partial charge >= 0.3 is 0 Å². The summed E-state index contributed by atoms with van der Waals surface area (Å²) in [5, 5.41) is 13.0. The van der Waals surface area contributed by atoms with Gasteiger partial charge in [0, 0.05) is 32.4 Å². The first-order valence-corrected chi connectivity index (χ1v) is 7.77. The summed E-state index contributed by atoms with van der Waals surface area (Å²) in [6, 6.07) is 0. The van der Waals surface area contributed by atoms with Crippen molar-refractivity contribution in [1.82, 2.24) is 5.32 Å². The fourth-order valence-corrected chi connectivity index (χ4v) is 2.20. The normalized spacial score (nSPS) is 15.8. The molecule has 0 radical (unpaired) electrons. The van der Waals surface area contributed by atoms with Gasteiger partial charge in [0.15, 0.2) is 0 Å². The van der Waals surface area contributed by atoms with E-state index in [0.29, 0.717) is 32.5 Å². The Bertz CT molecular complexity index is 288. The Labute approximate surface area is 104 Å². The van der Waals surface area contributed by atoms with Crippen LogP contribution in [0.15, 0.2) is 0 Å². The third-order valence-corrected chi connectivity index (χ3v) is 4.39. The smallest absolute Gasteiger partial charge is 0.150 e. The van der Waals surface area contributed by atoms with Gasteiger partial charge in [-0.25, -0.2) is 8.42 Å². The van der Waals surface area contributed by atoms with E-state index in [9.17, 15) is 13.5 Å². The molecule has 0 aliphatic rings. The van der Waals surface area contributed by atoms with Crippen LogP contribution in [-0.2, 0) is 14.6 Å². The highest BCUT2D eigenvalue weighted by Crippen LogP contribution is 2.07. The van der Waals surface area contributed by atoms with Crippen LogP contribution in [-0.4, -0.2) is 57.4 Å². The molecule has 0 spiro atoms. The molecule has 2 N–H and O–H groups in total. The maximum Gasteiger partial charge on any atom is 0.150 e. The van der Waals surface area contributed by atoms with Crippen LogP contribution in [0.4, 0.5) is 0 Å². The molecule has 0 saturated heterocycles. The lowest BCUT2D eigenvalue weighted by Gasteiger charge is -2.23. The quantitative estimate of drug-likeness (QED) is 0.553. The van der Waals surface area contributed by atoms with Crippen molar-refractivity contribution in [3.8, 4) is 0 Å². The van der Waals surface area contributed by atoms with E-state index in [0.717, 1.165) is 0 Å². The van der Waals surface area contributed by atoms with Crippen LogP contribution in [0.5, 0.6) is 0 Å². The summed E-state index contributed by atoms with van der Waals surface area (Å²) in [5.74, 6) is 0.398. The van der Waals surface area contributed by atoms with Crippen molar-refractivity contribution in [3.05, 3.63) is 0 Å². The fourth-order valence-electron chi connectivity index (χ4n) is 1.33. The second kappa shape index (κ2) is 8.02. The highest BCUT2D eigenvalue weighted by molar-refractivity contribution is 7.91. The van der Waals surface area contributed by atoms with E-state index in [1.54, 1.807) is 21.0 Å². The van der Waals surface area contributed by atoms with Crippen molar-refractivity contribution >= 4 is 9.84 Å². The number of rotatable bonds is 10. The van der Waals surface area contributed by atoms with Gasteiger partial charge in [0.25, 0.3) is 0 Å². The molecule has 6 heteroatoms. The van der Waals surface area contributed by atoms with Crippen molar-refractivity contribution in [2.75, 3.05) is 38.3 Å². The third-order valence-electron chi connectivity index (χ3n) is 2.60.